The van der Waals surface area contributed by atoms with Gasteiger partial charge in [0.05, 0.1) is 4.90 Å². The molecule has 0 aliphatic carbocycles. The molecule has 2 rings (SSSR count). The third-order valence-corrected chi connectivity index (χ3v) is 3.77. The van der Waals surface area contributed by atoms with Gasteiger partial charge in [-0.25, -0.2) is 17.9 Å². The summed E-state index contributed by atoms with van der Waals surface area (Å²) < 4.78 is 35.5. The molecule has 0 spiro atoms. The number of carbonyl (C=O) groups excluding carboxylic acids is 1. The molecule has 3 N–H and O–H groups in total. The monoisotopic (exact) mass is 308 g/mol. The lowest BCUT2D eigenvalue weighted by Crippen LogP contribution is -2.15. The van der Waals surface area contributed by atoms with Gasteiger partial charge in [-0.2, -0.15) is 0 Å². The number of hydrogen-bond acceptors (Lipinski definition) is 3. The first-order valence-corrected chi connectivity index (χ1v) is 7.52. The Kier molecular flexibility index (Phi) is 4.06. The Labute approximate surface area is 121 Å². The van der Waals surface area contributed by atoms with Crippen molar-refractivity contribution >= 4 is 21.6 Å². The number of anilines is 1. The largest absolute Gasteiger partial charge is 0.322 e. The summed E-state index contributed by atoms with van der Waals surface area (Å²) >= 11 is 0. The van der Waals surface area contributed by atoms with Gasteiger partial charge >= 0.3 is 0 Å². The molecule has 0 aliphatic rings. The van der Waals surface area contributed by atoms with Gasteiger partial charge < -0.3 is 5.32 Å². The summed E-state index contributed by atoms with van der Waals surface area (Å²) in [7, 11) is -3.79. The molecule has 2 aromatic carbocycles. The maximum Gasteiger partial charge on any atom is 0.255 e. The van der Waals surface area contributed by atoms with Crippen LogP contribution >= 0.6 is 0 Å². The van der Waals surface area contributed by atoms with Crippen LogP contribution in [0.1, 0.15) is 15.9 Å². The number of aryl methyl sites for hydroxylation is 1. The highest BCUT2D eigenvalue weighted by Gasteiger charge is 2.12. The Morgan fingerprint density at radius 2 is 1.90 bits per heavy atom. The lowest BCUT2D eigenvalue weighted by molar-refractivity contribution is 0.102. The molecular weight excluding hydrogens is 295 g/mol. The van der Waals surface area contributed by atoms with Gasteiger partial charge in [0.1, 0.15) is 5.82 Å². The van der Waals surface area contributed by atoms with Gasteiger partial charge in [-0.3, -0.25) is 4.79 Å². The minimum Gasteiger partial charge on any atom is -0.322 e. The molecule has 2 aromatic rings. The Morgan fingerprint density at radius 3 is 2.48 bits per heavy atom. The van der Waals surface area contributed by atoms with E-state index in [-0.39, 0.29) is 10.5 Å². The van der Waals surface area contributed by atoms with Crippen LogP contribution in [-0.4, -0.2) is 14.3 Å². The maximum absolute atomic E-state index is 13.1. The molecule has 0 unspecified atom stereocenters. The average Bonchev–Trinajstić information content (AvgIpc) is 2.39. The molecule has 0 aromatic heterocycles. The number of nitrogens with one attached hydrogen (secondary N) is 1. The molecule has 7 heteroatoms. The second-order valence-corrected chi connectivity index (χ2v) is 6.05. The predicted octanol–water partition coefficient (Wildman–Crippen LogP) is 2.03. The SMILES string of the molecule is Cc1cc(S(N)(=O)=O)ccc1NC(=O)c1cccc(F)c1. The molecule has 5 nitrogen and oxygen atoms in total. The first-order valence-electron chi connectivity index (χ1n) is 5.98. The third-order valence-electron chi connectivity index (χ3n) is 2.86. The first kappa shape index (κ1) is 15.1. The number of rotatable bonds is 3. The molecule has 0 saturated heterocycles. The van der Waals surface area contributed by atoms with Crippen molar-refractivity contribution in [1.29, 1.82) is 0 Å². The van der Waals surface area contributed by atoms with E-state index < -0.39 is 21.7 Å². The van der Waals surface area contributed by atoms with Crippen molar-refractivity contribution in [3.05, 3.63) is 59.4 Å². The van der Waals surface area contributed by atoms with Crippen molar-refractivity contribution in [2.75, 3.05) is 5.32 Å². The lowest BCUT2D eigenvalue weighted by atomic mass is 10.1. The van der Waals surface area contributed by atoms with Gasteiger partial charge in [-0.1, -0.05) is 6.07 Å². The van der Waals surface area contributed by atoms with Crippen LogP contribution in [0.2, 0.25) is 0 Å². The minimum atomic E-state index is -3.79. The Hall–Kier alpha value is -2.25. The van der Waals surface area contributed by atoms with E-state index in [0.29, 0.717) is 11.3 Å². The van der Waals surface area contributed by atoms with Crippen molar-refractivity contribution in [2.45, 2.75) is 11.8 Å². The average molecular weight is 308 g/mol. The van der Waals surface area contributed by atoms with Gasteiger partial charge in [0.25, 0.3) is 5.91 Å². The molecule has 0 atom stereocenters. The molecule has 0 saturated carbocycles. The number of primary sulfonamides is 1. The fourth-order valence-electron chi connectivity index (χ4n) is 1.78. The van der Waals surface area contributed by atoms with Crippen LogP contribution in [0.15, 0.2) is 47.4 Å². The van der Waals surface area contributed by atoms with E-state index in [4.69, 9.17) is 5.14 Å². The summed E-state index contributed by atoms with van der Waals surface area (Å²) in [4.78, 5) is 11.9. The third kappa shape index (κ3) is 3.65. The summed E-state index contributed by atoms with van der Waals surface area (Å²) in [6.07, 6.45) is 0. The number of hydrogen-bond donors (Lipinski definition) is 2. The van der Waals surface area contributed by atoms with Crippen LogP contribution in [0.5, 0.6) is 0 Å². The van der Waals surface area contributed by atoms with Gasteiger partial charge in [0.2, 0.25) is 10.0 Å². The number of halogens is 1. The molecule has 0 fully saturated rings. The van der Waals surface area contributed by atoms with Crippen LogP contribution < -0.4 is 10.5 Å². The molecule has 1 amide bonds. The summed E-state index contributed by atoms with van der Waals surface area (Å²) in [6, 6.07) is 9.35. The smallest absolute Gasteiger partial charge is 0.255 e. The summed E-state index contributed by atoms with van der Waals surface area (Å²) in [5, 5.41) is 7.62. The van der Waals surface area contributed by atoms with Gasteiger partial charge in [0, 0.05) is 11.3 Å². The fraction of sp³-hybridized carbons (Fsp3) is 0.0714. The molecule has 0 bridgehead atoms. The number of carbonyl (C=O) groups is 1. The van der Waals surface area contributed by atoms with Crippen LogP contribution in [0, 0.1) is 12.7 Å². The molecule has 0 heterocycles. The number of sulfonamides is 1. The Morgan fingerprint density at radius 1 is 1.19 bits per heavy atom. The highest BCUT2D eigenvalue weighted by atomic mass is 32.2. The normalized spacial score (nSPS) is 11.2. The topological polar surface area (TPSA) is 89.3 Å². The summed E-state index contributed by atoms with van der Waals surface area (Å²) in [5.74, 6) is -0.995. The summed E-state index contributed by atoms with van der Waals surface area (Å²) in [6.45, 7) is 1.63. The van der Waals surface area contributed by atoms with Gasteiger partial charge in [-0.15, -0.1) is 0 Å². The van der Waals surface area contributed by atoms with Crippen LogP contribution in [0.4, 0.5) is 10.1 Å². The highest BCUT2D eigenvalue weighted by Crippen LogP contribution is 2.19. The second kappa shape index (κ2) is 5.63. The summed E-state index contributed by atoms with van der Waals surface area (Å²) in [5.41, 5.74) is 1.13. The van der Waals surface area contributed by atoms with E-state index in [0.717, 1.165) is 6.07 Å². The second-order valence-electron chi connectivity index (χ2n) is 4.49. The molecular formula is C14H13FN2O3S. The number of nitrogens with two attached hydrogens (primary N) is 1. The number of amides is 1. The molecule has 21 heavy (non-hydrogen) atoms. The quantitative estimate of drug-likeness (QED) is 0.909. The minimum absolute atomic E-state index is 0.0382. The van der Waals surface area contributed by atoms with E-state index in [1.165, 1.54) is 36.4 Å². The van der Waals surface area contributed by atoms with E-state index in [1.54, 1.807) is 6.92 Å². The van der Waals surface area contributed by atoms with Gasteiger partial charge in [-0.05, 0) is 48.9 Å². The fourth-order valence-corrected chi connectivity index (χ4v) is 2.38. The highest BCUT2D eigenvalue weighted by molar-refractivity contribution is 7.89. The zero-order valence-corrected chi connectivity index (χ0v) is 11.9. The van der Waals surface area contributed by atoms with Crippen molar-refractivity contribution < 1.29 is 17.6 Å². The maximum atomic E-state index is 13.1. The van der Waals surface area contributed by atoms with Crippen molar-refractivity contribution in [3.63, 3.8) is 0 Å². The van der Waals surface area contributed by atoms with E-state index in [9.17, 15) is 17.6 Å². The molecule has 110 valence electrons. The predicted molar refractivity (Wildman–Crippen MR) is 76.9 cm³/mol. The standard InChI is InChI=1S/C14H13FN2O3S/c1-9-7-12(21(16,19)20)5-6-13(9)17-14(18)10-3-2-4-11(15)8-10/h2-8H,1H3,(H,17,18)(H2,16,19,20). The molecule has 0 aliphatic heterocycles. The Bertz CT molecular complexity index is 804. The molecule has 0 radical (unpaired) electrons. The van der Waals surface area contributed by atoms with E-state index in [2.05, 4.69) is 5.32 Å². The zero-order chi connectivity index (χ0) is 15.6. The zero-order valence-electron chi connectivity index (χ0n) is 11.1. The van der Waals surface area contributed by atoms with Crippen molar-refractivity contribution in [1.82, 2.24) is 0 Å². The van der Waals surface area contributed by atoms with Crippen molar-refractivity contribution in [2.24, 2.45) is 5.14 Å². The van der Waals surface area contributed by atoms with Gasteiger partial charge in [0.15, 0.2) is 0 Å². The Balaban J connectivity index is 2.26. The van der Waals surface area contributed by atoms with Crippen LogP contribution in [0.3, 0.4) is 0 Å². The van der Waals surface area contributed by atoms with E-state index in [1.807, 2.05) is 0 Å². The van der Waals surface area contributed by atoms with Crippen LogP contribution in [-0.2, 0) is 10.0 Å². The van der Waals surface area contributed by atoms with Crippen molar-refractivity contribution in [3.8, 4) is 0 Å². The first-order chi connectivity index (χ1) is 9.77. The van der Waals surface area contributed by atoms with Crippen LogP contribution in [0.25, 0.3) is 0 Å². The van der Waals surface area contributed by atoms with E-state index >= 15 is 0 Å². The number of benzene rings is 2. The lowest BCUT2D eigenvalue weighted by Gasteiger charge is -2.09.